The molecule has 2 aromatic rings. The Morgan fingerprint density at radius 3 is 2.65 bits per heavy atom. The van der Waals surface area contributed by atoms with Crippen LogP contribution in [-0.4, -0.2) is 31.0 Å². The minimum absolute atomic E-state index is 0. The van der Waals surface area contributed by atoms with Crippen molar-refractivity contribution in [1.29, 1.82) is 0 Å². The number of rotatable bonds is 5. The summed E-state index contributed by atoms with van der Waals surface area (Å²) in [5.41, 5.74) is 0.498. The van der Waals surface area contributed by atoms with E-state index in [9.17, 15) is 4.79 Å². The Morgan fingerprint density at radius 1 is 1.15 bits per heavy atom. The Morgan fingerprint density at radius 2 is 1.90 bits per heavy atom. The summed E-state index contributed by atoms with van der Waals surface area (Å²) in [6.45, 7) is 1.55. The summed E-state index contributed by atoms with van der Waals surface area (Å²) < 4.78 is 0. The molecule has 0 aliphatic carbocycles. The molecule has 0 radical (unpaired) electrons. The first-order valence-corrected chi connectivity index (χ1v) is 6.09. The maximum Gasteiger partial charge on any atom is 0.270 e. The highest BCUT2D eigenvalue weighted by atomic mass is 35.5. The number of fused-ring (bicyclic) bond motifs is 1. The molecule has 0 saturated carbocycles. The molecule has 0 unspecified atom stereocenters. The molecule has 0 atom stereocenters. The smallest absolute Gasteiger partial charge is 0.270 e. The zero-order valence-corrected chi connectivity index (χ0v) is 12.9. The molecule has 0 aliphatic rings. The molecule has 2 N–H and O–H groups in total. The van der Waals surface area contributed by atoms with E-state index in [4.69, 9.17) is 0 Å². The predicted octanol–water partition coefficient (Wildman–Crippen LogP) is 2.42. The van der Waals surface area contributed by atoms with Crippen LogP contribution in [0, 0.1) is 0 Å². The third-order valence-corrected chi connectivity index (χ3v) is 2.78. The first-order valence-electron chi connectivity index (χ1n) is 6.09. The highest BCUT2D eigenvalue weighted by molar-refractivity contribution is 6.05. The minimum atomic E-state index is -0.108. The van der Waals surface area contributed by atoms with Crippen molar-refractivity contribution >= 4 is 41.5 Å². The largest absolute Gasteiger partial charge is 0.351 e. The number of benzene rings is 1. The molecule has 0 bridgehead atoms. The van der Waals surface area contributed by atoms with Crippen LogP contribution in [0.3, 0.4) is 0 Å². The van der Waals surface area contributed by atoms with E-state index in [-0.39, 0.29) is 30.7 Å². The number of halogens is 2. The van der Waals surface area contributed by atoms with E-state index in [1.165, 1.54) is 0 Å². The van der Waals surface area contributed by atoms with Crippen LogP contribution >= 0.6 is 24.8 Å². The van der Waals surface area contributed by atoms with Gasteiger partial charge in [-0.1, -0.05) is 24.3 Å². The van der Waals surface area contributed by atoms with Gasteiger partial charge in [-0.2, -0.15) is 0 Å². The molecule has 20 heavy (non-hydrogen) atoms. The number of amides is 1. The van der Waals surface area contributed by atoms with Crippen LogP contribution < -0.4 is 10.6 Å². The highest BCUT2D eigenvalue weighted by Gasteiger charge is 2.10. The molecule has 4 nitrogen and oxygen atoms in total. The van der Waals surface area contributed by atoms with Gasteiger partial charge in [0.05, 0.1) is 0 Å². The molecule has 1 amide bonds. The van der Waals surface area contributed by atoms with Crippen molar-refractivity contribution in [3.8, 4) is 0 Å². The third-order valence-electron chi connectivity index (χ3n) is 2.78. The second kappa shape index (κ2) is 9.53. The van der Waals surface area contributed by atoms with Crippen LogP contribution in [0.4, 0.5) is 0 Å². The fraction of sp³-hybridized carbons (Fsp3) is 0.286. The monoisotopic (exact) mass is 315 g/mol. The van der Waals surface area contributed by atoms with Gasteiger partial charge in [0.25, 0.3) is 5.91 Å². The number of pyridine rings is 1. The lowest BCUT2D eigenvalue weighted by Gasteiger charge is -2.06. The van der Waals surface area contributed by atoms with Crippen molar-refractivity contribution in [3.63, 3.8) is 0 Å². The molecular weight excluding hydrogens is 297 g/mol. The number of aromatic nitrogens is 1. The molecule has 2 rings (SSSR count). The van der Waals surface area contributed by atoms with E-state index in [1.807, 2.05) is 37.4 Å². The third kappa shape index (κ3) is 4.63. The van der Waals surface area contributed by atoms with Crippen molar-refractivity contribution in [2.75, 3.05) is 20.1 Å². The van der Waals surface area contributed by atoms with Crippen LogP contribution in [0.5, 0.6) is 0 Å². The van der Waals surface area contributed by atoms with E-state index >= 15 is 0 Å². The first-order chi connectivity index (χ1) is 8.83. The van der Waals surface area contributed by atoms with Crippen molar-refractivity contribution < 1.29 is 4.79 Å². The molecule has 0 fully saturated rings. The Bertz CT molecular complexity index is 543. The minimum Gasteiger partial charge on any atom is -0.351 e. The molecule has 110 valence electrons. The molecule has 1 heterocycles. The number of nitrogens with zero attached hydrogens (tertiary/aromatic N) is 1. The lowest BCUT2D eigenvalue weighted by atomic mass is 10.1. The van der Waals surface area contributed by atoms with Crippen LogP contribution in [0.1, 0.15) is 16.9 Å². The van der Waals surface area contributed by atoms with Crippen molar-refractivity contribution in [2.24, 2.45) is 0 Å². The average molecular weight is 316 g/mol. The van der Waals surface area contributed by atoms with Gasteiger partial charge in [0.2, 0.25) is 0 Å². The Balaban J connectivity index is 0.00000180. The molecule has 1 aromatic carbocycles. The van der Waals surface area contributed by atoms with Gasteiger partial charge in [0.1, 0.15) is 5.69 Å². The van der Waals surface area contributed by atoms with Crippen molar-refractivity contribution in [3.05, 3.63) is 42.2 Å². The summed E-state index contributed by atoms with van der Waals surface area (Å²) in [7, 11) is 1.90. The van der Waals surface area contributed by atoms with Crippen LogP contribution in [0.2, 0.25) is 0 Å². The lowest BCUT2D eigenvalue weighted by molar-refractivity contribution is 0.0950. The fourth-order valence-corrected chi connectivity index (χ4v) is 1.85. The summed E-state index contributed by atoms with van der Waals surface area (Å²) >= 11 is 0. The van der Waals surface area contributed by atoms with Gasteiger partial charge >= 0.3 is 0 Å². The summed E-state index contributed by atoms with van der Waals surface area (Å²) in [6.07, 6.45) is 2.58. The predicted molar refractivity (Wildman–Crippen MR) is 87.1 cm³/mol. The number of hydrogen-bond acceptors (Lipinski definition) is 3. The van der Waals surface area contributed by atoms with E-state index in [2.05, 4.69) is 15.6 Å². The Hall–Kier alpha value is -1.36. The first kappa shape index (κ1) is 18.6. The van der Waals surface area contributed by atoms with Crippen LogP contribution in [-0.2, 0) is 0 Å². The lowest BCUT2D eigenvalue weighted by Crippen LogP contribution is -2.27. The summed E-state index contributed by atoms with van der Waals surface area (Å²) in [5, 5.41) is 7.86. The second-order valence-electron chi connectivity index (χ2n) is 4.09. The Kier molecular flexibility index (Phi) is 8.88. The summed E-state index contributed by atoms with van der Waals surface area (Å²) in [6, 6.07) is 9.69. The van der Waals surface area contributed by atoms with Crippen LogP contribution in [0.25, 0.3) is 10.8 Å². The molecule has 6 heteroatoms. The van der Waals surface area contributed by atoms with E-state index < -0.39 is 0 Å². The maximum atomic E-state index is 12.0. The SMILES string of the molecule is CNCCCNC(=O)c1nccc2ccccc12.Cl.Cl. The van der Waals surface area contributed by atoms with E-state index in [0.29, 0.717) is 12.2 Å². The highest BCUT2D eigenvalue weighted by Crippen LogP contribution is 2.15. The van der Waals surface area contributed by atoms with Gasteiger partial charge in [0, 0.05) is 18.1 Å². The zero-order chi connectivity index (χ0) is 12.8. The molecule has 0 aliphatic heterocycles. The topological polar surface area (TPSA) is 54.0 Å². The van der Waals surface area contributed by atoms with E-state index in [0.717, 1.165) is 23.7 Å². The van der Waals surface area contributed by atoms with Crippen molar-refractivity contribution in [1.82, 2.24) is 15.6 Å². The van der Waals surface area contributed by atoms with Gasteiger partial charge in [-0.05, 0) is 31.5 Å². The fourth-order valence-electron chi connectivity index (χ4n) is 1.85. The summed E-state index contributed by atoms with van der Waals surface area (Å²) in [4.78, 5) is 16.2. The number of nitrogens with one attached hydrogen (secondary N) is 2. The van der Waals surface area contributed by atoms with Crippen molar-refractivity contribution in [2.45, 2.75) is 6.42 Å². The van der Waals surface area contributed by atoms with E-state index in [1.54, 1.807) is 6.20 Å². The normalized spacial score (nSPS) is 9.45. The molecular formula is C14H19Cl2N3O. The number of hydrogen-bond donors (Lipinski definition) is 2. The molecule has 0 saturated heterocycles. The second-order valence-corrected chi connectivity index (χ2v) is 4.09. The van der Waals surface area contributed by atoms with Gasteiger partial charge < -0.3 is 10.6 Å². The van der Waals surface area contributed by atoms with Gasteiger partial charge in [-0.15, -0.1) is 24.8 Å². The van der Waals surface area contributed by atoms with Gasteiger partial charge in [-0.3, -0.25) is 9.78 Å². The quantitative estimate of drug-likeness (QED) is 0.833. The maximum absolute atomic E-state index is 12.0. The molecule has 0 spiro atoms. The average Bonchev–Trinajstić information content (AvgIpc) is 2.43. The molecule has 1 aromatic heterocycles. The Labute approximate surface area is 131 Å². The van der Waals surface area contributed by atoms with Crippen LogP contribution in [0.15, 0.2) is 36.5 Å². The van der Waals surface area contributed by atoms with Gasteiger partial charge in [-0.25, -0.2) is 0 Å². The zero-order valence-electron chi connectivity index (χ0n) is 11.3. The number of carbonyl (C=O) groups is 1. The summed E-state index contributed by atoms with van der Waals surface area (Å²) in [5.74, 6) is -0.108. The standard InChI is InChI=1S/C14H17N3O.2ClH/c1-15-8-4-9-17-14(18)13-12-6-3-2-5-11(12)7-10-16-13;;/h2-3,5-7,10,15H,4,8-9H2,1H3,(H,17,18);2*1H. The number of carbonyl (C=O) groups excluding carboxylic acids is 1. The van der Waals surface area contributed by atoms with Gasteiger partial charge in [0.15, 0.2) is 0 Å².